The third-order valence-corrected chi connectivity index (χ3v) is 5.51. The largest absolute Gasteiger partial charge is 0.324 e. The summed E-state index contributed by atoms with van der Waals surface area (Å²) in [5.74, 6) is -0.0927. The van der Waals surface area contributed by atoms with Crippen LogP contribution in [0.25, 0.3) is 11.0 Å². The maximum atomic E-state index is 13.0. The second-order valence-electron chi connectivity index (χ2n) is 6.27. The van der Waals surface area contributed by atoms with Gasteiger partial charge in [-0.05, 0) is 32.4 Å². The van der Waals surface area contributed by atoms with Crippen LogP contribution in [0.3, 0.4) is 0 Å². The van der Waals surface area contributed by atoms with Gasteiger partial charge in [0.2, 0.25) is 5.91 Å². The van der Waals surface area contributed by atoms with Gasteiger partial charge in [-0.3, -0.25) is 18.8 Å². The van der Waals surface area contributed by atoms with Crippen molar-refractivity contribution in [3.8, 4) is 0 Å². The monoisotopic (exact) mass is 419 g/mol. The number of rotatable bonds is 7. The van der Waals surface area contributed by atoms with E-state index in [2.05, 4.69) is 15.4 Å². The Morgan fingerprint density at radius 2 is 2.04 bits per heavy atom. The van der Waals surface area contributed by atoms with Gasteiger partial charge < -0.3 is 5.32 Å². The fraction of sp³-hybridized carbons (Fsp3) is 0.368. The molecule has 3 aromatic rings. The van der Waals surface area contributed by atoms with Crippen molar-refractivity contribution in [1.82, 2.24) is 19.3 Å². The number of hydrogen-bond acceptors (Lipinski definition) is 5. The molecule has 0 aliphatic rings. The van der Waals surface area contributed by atoms with Gasteiger partial charge in [0.1, 0.15) is 5.52 Å². The van der Waals surface area contributed by atoms with Crippen molar-refractivity contribution in [2.24, 2.45) is 0 Å². The third-order valence-electron chi connectivity index (χ3n) is 4.21. The van der Waals surface area contributed by atoms with E-state index in [0.717, 1.165) is 6.42 Å². The van der Waals surface area contributed by atoms with Crippen LogP contribution in [0.15, 0.2) is 34.2 Å². The van der Waals surface area contributed by atoms with Gasteiger partial charge in [0.05, 0.1) is 22.2 Å². The zero-order chi connectivity index (χ0) is 20.3. The lowest BCUT2D eigenvalue weighted by Crippen LogP contribution is -2.25. The summed E-state index contributed by atoms with van der Waals surface area (Å²) in [5, 5.41) is 8.19. The van der Waals surface area contributed by atoms with Crippen LogP contribution in [0, 0.1) is 6.92 Å². The Morgan fingerprint density at radius 1 is 1.29 bits per heavy atom. The number of hydrogen-bond donors (Lipinski definition) is 1. The zero-order valence-corrected chi connectivity index (χ0v) is 17.6. The zero-order valence-electron chi connectivity index (χ0n) is 16.0. The highest BCUT2D eigenvalue weighted by Gasteiger charge is 2.18. The molecule has 0 saturated heterocycles. The third kappa shape index (κ3) is 4.07. The summed E-state index contributed by atoms with van der Waals surface area (Å²) in [6.45, 7) is 6.91. The van der Waals surface area contributed by atoms with Crippen LogP contribution in [0.1, 0.15) is 26.0 Å². The molecule has 3 rings (SSSR count). The van der Waals surface area contributed by atoms with E-state index in [1.165, 1.54) is 11.8 Å². The van der Waals surface area contributed by atoms with Crippen LogP contribution in [-0.2, 0) is 17.9 Å². The molecule has 2 aromatic heterocycles. The van der Waals surface area contributed by atoms with Crippen molar-refractivity contribution in [3.63, 3.8) is 0 Å². The fourth-order valence-corrected chi connectivity index (χ4v) is 3.93. The predicted octanol–water partition coefficient (Wildman–Crippen LogP) is 3.72. The quantitative estimate of drug-likeness (QED) is 0.466. The first-order valence-electron chi connectivity index (χ1n) is 9.11. The van der Waals surface area contributed by atoms with Crippen LogP contribution in [0.2, 0.25) is 5.02 Å². The maximum absolute atomic E-state index is 13.0. The van der Waals surface area contributed by atoms with Crippen molar-refractivity contribution in [3.05, 3.63) is 45.3 Å². The molecular formula is C19H22ClN5O2S. The number of nitrogens with one attached hydrogen (secondary N) is 1. The average molecular weight is 420 g/mol. The molecule has 0 bridgehead atoms. The molecule has 0 unspecified atom stereocenters. The number of para-hydroxylation sites is 1. The number of carbonyl (C=O) groups excluding carboxylic acids is 1. The highest BCUT2D eigenvalue weighted by atomic mass is 35.5. The van der Waals surface area contributed by atoms with Gasteiger partial charge >= 0.3 is 0 Å². The summed E-state index contributed by atoms with van der Waals surface area (Å²) < 4.78 is 3.31. The number of aryl methyl sites for hydroxylation is 2. The molecule has 1 N–H and O–H groups in total. The first kappa shape index (κ1) is 20.4. The van der Waals surface area contributed by atoms with E-state index in [1.807, 2.05) is 20.8 Å². The van der Waals surface area contributed by atoms with Crippen molar-refractivity contribution >= 4 is 46.0 Å². The highest BCUT2D eigenvalue weighted by Crippen LogP contribution is 2.23. The molecule has 0 aliphatic heterocycles. The first-order valence-corrected chi connectivity index (χ1v) is 10.5. The number of anilines is 1. The number of amides is 1. The fourth-order valence-electron chi connectivity index (χ4n) is 2.93. The summed E-state index contributed by atoms with van der Waals surface area (Å²) in [6.07, 6.45) is 0.783. The molecule has 0 atom stereocenters. The predicted molar refractivity (Wildman–Crippen MR) is 113 cm³/mol. The van der Waals surface area contributed by atoms with Crippen LogP contribution < -0.4 is 10.9 Å². The van der Waals surface area contributed by atoms with Gasteiger partial charge in [0, 0.05) is 13.1 Å². The highest BCUT2D eigenvalue weighted by molar-refractivity contribution is 7.99. The smallest absolute Gasteiger partial charge is 0.280 e. The Balaban J connectivity index is 1.88. The number of thioether (sulfide) groups is 1. The Hall–Kier alpha value is -2.32. The van der Waals surface area contributed by atoms with E-state index in [4.69, 9.17) is 11.6 Å². The lowest BCUT2D eigenvalue weighted by Gasteiger charge is -2.12. The van der Waals surface area contributed by atoms with E-state index in [9.17, 15) is 9.59 Å². The van der Waals surface area contributed by atoms with Gasteiger partial charge in [-0.15, -0.1) is 0 Å². The summed E-state index contributed by atoms with van der Waals surface area (Å²) in [5.41, 5.74) is 2.25. The Morgan fingerprint density at radius 3 is 2.71 bits per heavy atom. The molecule has 1 amide bonds. The first-order chi connectivity index (χ1) is 13.5. The second kappa shape index (κ2) is 8.79. The number of benzene rings is 1. The maximum Gasteiger partial charge on any atom is 0.280 e. The molecular weight excluding hydrogens is 398 g/mol. The van der Waals surface area contributed by atoms with Crippen LogP contribution in [0.5, 0.6) is 0 Å². The SMILES string of the molecule is CCCn1c(SCC(=O)Nc2ccccc2Cl)nc2c(C)nn(CC)c2c1=O. The molecule has 0 aliphatic carbocycles. The van der Waals surface area contributed by atoms with Crippen LogP contribution >= 0.6 is 23.4 Å². The summed E-state index contributed by atoms with van der Waals surface area (Å²) >= 11 is 7.32. The van der Waals surface area contributed by atoms with Gasteiger partial charge in [0.15, 0.2) is 10.7 Å². The van der Waals surface area contributed by atoms with Gasteiger partial charge in [-0.1, -0.05) is 42.4 Å². The number of halogens is 1. The molecule has 0 saturated carbocycles. The van der Waals surface area contributed by atoms with E-state index in [-0.39, 0.29) is 17.2 Å². The number of aromatic nitrogens is 4. The molecule has 1 aromatic carbocycles. The lowest BCUT2D eigenvalue weighted by atomic mass is 10.3. The van der Waals surface area contributed by atoms with Crippen LogP contribution in [0.4, 0.5) is 5.69 Å². The summed E-state index contributed by atoms with van der Waals surface area (Å²) in [4.78, 5) is 30.1. The normalized spacial score (nSPS) is 11.1. The Labute approximate surface area is 172 Å². The topological polar surface area (TPSA) is 81.8 Å². The molecule has 0 spiro atoms. The van der Waals surface area contributed by atoms with Gasteiger partial charge in [-0.2, -0.15) is 5.10 Å². The minimum absolute atomic E-state index is 0.119. The summed E-state index contributed by atoms with van der Waals surface area (Å²) in [6, 6.07) is 7.06. The van der Waals surface area contributed by atoms with Gasteiger partial charge in [-0.25, -0.2) is 4.98 Å². The molecule has 9 heteroatoms. The molecule has 7 nitrogen and oxygen atoms in total. The van der Waals surface area contributed by atoms with E-state index < -0.39 is 0 Å². The minimum atomic E-state index is -0.212. The molecule has 2 heterocycles. The van der Waals surface area contributed by atoms with Crippen molar-refractivity contribution in [2.75, 3.05) is 11.1 Å². The van der Waals surface area contributed by atoms with Gasteiger partial charge in [0.25, 0.3) is 5.56 Å². The standard InChI is InChI=1S/C19H22ClN5O2S/c1-4-10-24-18(27)17-16(12(3)23-25(17)5-2)22-19(24)28-11-15(26)21-14-9-7-6-8-13(14)20/h6-9H,4-5,10-11H2,1-3H3,(H,21,26). The van der Waals surface area contributed by atoms with Crippen molar-refractivity contribution < 1.29 is 4.79 Å². The second-order valence-corrected chi connectivity index (χ2v) is 7.62. The average Bonchev–Trinajstić information content (AvgIpc) is 3.00. The van der Waals surface area contributed by atoms with E-state index in [0.29, 0.717) is 45.7 Å². The molecule has 148 valence electrons. The Kier molecular flexibility index (Phi) is 6.41. The Bertz CT molecular complexity index is 1080. The van der Waals surface area contributed by atoms with Crippen molar-refractivity contribution in [2.45, 2.75) is 45.4 Å². The molecule has 0 fully saturated rings. The summed E-state index contributed by atoms with van der Waals surface area (Å²) in [7, 11) is 0. The van der Waals surface area contributed by atoms with E-state index in [1.54, 1.807) is 33.5 Å². The number of carbonyl (C=O) groups is 1. The van der Waals surface area contributed by atoms with Crippen LogP contribution in [-0.4, -0.2) is 31.0 Å². The number of nitrogens with zero attached hydrogens (tertiary/aromatic N) is 4. The number of fused-ring (bicyclic) bond motifs is 1. The molecule has 0 radical (unpaired) electrons. The van der Waals surface area contributed by atoms with Crippen molar-refractivity contribution in [1.29, 1.82) is 0 Å². The van der Waals surface area contributed by atoms with E-state index >= 15 is 0 Å². The minimum Gasteiger partial charge on any atom is -0.324 e. The molecule has 28 heavy (non-hydrogen) atoms. The lowest BCUT2D eigenvalue weighted by molar-refractivity contribution is -0.113.